The Kier molecular flexibility index (Phi) is 4.00. The van der Waals surface area contributed by atoms with Gasteiger partial charge in [-0.05, 0) is 12.1 Å². The van der Waals surface area contributed by atoms with Gasteiger partial charge in [0, 0.05) is 11.1 Å². The van der Waals surface area contributed by atoms with Crippen molar-refractivity contribution in [3.05, 3.63) is 66.0 Å². The average molecular weight is 263 g/mol. The lowest BCUT2D eigenvalue weighted by molar-refractivity contribution is 0.363. The highest BCUT2D eigenvalue weighted by Gasteiger charge is 2.11. The van der Waals surface area contributed by atoms with Crippen LogP contribution in [0, 0.1) is 5.82 Å². The first-order chi connectivity index (χ1) is 8.74. The van der Waals surface area contributed by atoms with Gasteiger partial charge in [0.05, 0.1) is 5.02 Å². The minimum Gasteiger partial charge on any atom is -0.488 e. The fourth-order valence-corrected chi connectivity index (χ4v) is 1.94. The quantitative estimate of drug-likeness (QED) is 0.725. The van der Waals surface area contributed by atoms with E-state index >= 15 is 0 Å². The molecule has 2 aromatic rings. The second-order valence-electron chi connectivity index (χ2n) is 3.70. The predicted molar refractivity (Wildman–Crippen MR) is 72.5 cm³/mol. The number of benzene rings is 2. The molecule has 0 amide bonds. The summed E-state index contributed by atoms with van der Waals surface area (Å²) in [5.74, 6) is 0.220. The first-order valence-corrected chi connectivity index (χ1v) is 5.89. The molecule has 0 fully saturated rings. The second kappa shape index (κ2) is 5.69. The van der Waals surface area contributed by atoms with E-state index in [0.29, 0.717) is 28.5 Å². The molecule has 92 valence electrons. The molecule has 18 heavy (non-hydrogen) atoms. The van der Waals surface area contributed by atoms with E-state index in [9.17, 15) is 4.39 Å². The monoisotopic (exact) mass is 262 g/mol. The summed E-state index contributed by atoms with van der Waals surface area (Å²) in [6.45, 7) is 3.93. The number of halogens is 2. The smallest absolute Gasteiger partial charge is 0.139 e. The molecule has 0 heterocycles. The summed E-state index contributed by atoms with van der Waals surface area (Å²) in [6, 6.07) is 11.8. The molecule has 0 aliphatic heterocycles. The summed E-state index contributed by atoms with van der Waals surface area (Å²) in [7, 11) is 0. The summed E-state index contributed by atoms with van der Waals surface area (Å²) < 4.78 is 19.1. The van der Waals surface area contributed by atoms with Gasteiger partial charge in [0.2, 0.25) is 0 Å². The van der Waals surface area contributed by atoms with E-state index in [1.165, 1.54) is 6.07 Å². The molecule has 0 bridgehead atoms. The predicted octanol–water partition coefficient (Wildman–Crippen LogP) is 4.71. The minimum absolute atomic E-state index is 0.305. The zero-order chi connectivity index (χ0) is 13.0. The van der Waals surface area contributed by atoms with Crippen molar-refractivity contribution < 1.29 is 9.13 Å². The van der Waals surface area contributed by atoms with Gasteiger partial charge in [0.1, 0.15) is 18.2 Å². The lowest BCUT2D eigenvalue weighted by Crippen LogP contribution is -1.95. The summed E-state index contributed by atoms with van der Waals surface area (Å²) in [5, 5.41) is 0.407. The normalized spacial score (nSPS) is 10.1. The van der Waals surface area contributed by atoms with Crippen molar-refractivity contribution in [1.29, 1.82) is 0 Å². The fourth-order valence-electron chi connectivity index (χ4n) is 1.66. The second-order valence-corrected chi connectivity index (χ2v) is 4.08. The van der Waals surface area contributed by atoms with Crippen LogP contribution in [0.3, 0.4) is 0 Å². The van der Waals surface area contributed by atoms with Gasteiger partial charge < -0.3 is 4.74 Å². The van der Waals surface area contributed by atoms with Crippen LogP contribution >= 0.6 is 11.6 Å². The molecule has 0 saturated heterocycles. The Morgan fingerprint density at radius 3 is 2.56 bits per heavy atom. The van der Waals surface area contributed by atoms with E-state index in [4.69, 9.17) is 16.3 Å². The van der Waals surface area contributed by atoms with Crippen LogP contribution in [0.15, 0.2) is 55.1 Å². The third kappa shape index (κ3) is 2.54. The zero-order valence-electron chi connectivity index (χ0n) is 9.70. The third-order valence-electron chi connectivity index (χ3n) is 2.48. The lowest BCUT2D eigenvalue weighted by atomic mass is 10.0. The van der Waals surface area contributed by atoms with Gasteiger partial charge in [-0.3, -0.25) is 0 Å². The molecule has 3 heteroatoms. The molecule has 2 rings (SSSR count). The highest BCUT2D eigenvalue weighted by molar-refractivity contribution is 6.34. The van der Waals surface area contributed by atoms with Crippen molar-refractivity contribution in [2.75, 3.05) is 6.61 Å². The lowest BCUT2D eigenvalue weighted by Gasteiger charge is -2.10. The number of hydrogen-bond donors (Lipinski definition) is 0. The molecule has 0 aliphatic rings. The van der Waals surface area contributed by atoms with Crippen molar-refractivity contribution in [2.45, 2.75) is 0 Å². The van der Waals surface area contributed by atoms with E-state index in [1.807, 2.05) is 0 Å². The maximum Gasteiger partial charge on any atom is 0.139 e. The van der Waals surface area contributed by atoms with Gasteiger partial charge in [-0.1, -0.05) is 54.6 Å². The molecule has 0 unspecified atom stereocenters. The van der Waals surface area contributed by atoms with Crippen LogP contribution in [0.4, 0.5) is 4.39 Å². The van der Waals surface area contributed by atoms with Crippen molar-refractivity contribution in [1.82, 2.24) is 0 Å². The summed E-state index contributed by atoms with van der Waals surface area (Å²) in [6.07, 6.45) is 1.63. The van der Waals surface area contributed by atoms with Gasteiger partial charge in [-0.15, -0.1) is 0 Å². The van der Waals surface area contributed by atoms with E-state index in [-0.39, 0.29) is 5.82 Å². The van der Waals surface area contributed by atoms with Gasteiger partial charge in [-0.25, -0.2) is 4.39 Å². The largest absolute Gasteiger partial charge is 0.488 e. The number of ether oxygens (including phenoxy) is 1. The minimum atomic E-state index is -0.305. The molecule has 0 aromatic heterocycles. The Morgan fingerprint density at radius 1 is 1.11 bits per heavy atom. The first-order valence-electron chi connectivity index (χ1n) is 5.51. The van der Waals surface area contributed by atoms with Crippen LogP contribution in [0.5, 0.6) is 5.75 Å². The van der Waals surface area contributed by atoms with Crippen molar-refractivity contribution in [3.63, 3.8) is 0 Å². The molecule has 0 aliphatic carbocycles. The van der Waals surface area contributed by atoms with Crippen LogP contribution < -0.4 is 4.74 Å². The Labute approximate surface area is 110 Å². The van der Waals surface area contributed by atoms with Gasteiger partial charge in [-0.2, -0.15) is 0 Å². The van der Waals surface area contributed by atoms with Crippen LogP contribution in [-0.4, -0.2) is 6.61 Å². The summed E-state index contributed by atoms with van der Waals surface area (Å²) in [4.78, 5) is 0. The van der Waals surface area contributed by atoms with Crippen LogP contribution in [0.2, 0.25) is 5.02 Å². The summed E-state index contributed by atoms with van der Waals surface area (Å²) >= 11 is 6.23. The van der Waals surface area contributed by atoms with E-state index in [0.717, 1.165) is 0 Å². The average Bonchev–Trinajstić information content (AvgIpc) is 2.39. The SMILES string of the molecule is C=CCOc1cccc(-c2ccccc2F)c1Cl. The highest BCUT2D eigenvalue weighted by Crippen LogP contribution is 2.36. The Bertz CT molecular complexity index is 566. The molecule has 0 atom stereocenters. The maximum atomic E-state index is 13.7. The van der Waals surface area contributed by atoms with E-state index in [2.05, 4.69) is 6.58 Å². The van der Waals surface area contributed by atoms with Crippen LogP contribution in [-0.2, 0) is 0 Å². The fraction of sp³-hybridized carbons (Fsp3) is 0.0667. The molecule has 1 nitrogen and oxygen atoms in total. The number of rotatable bonds is 4. The highest BCUT2D eigenvalue weighted by atomic mass is 35.5. The molecule has 0 spiro atoms. The van der Waals surface area contributed by atoms with E-state index < -0.39 is 0 Å². The zero-order valence-corrected chi connectivity index (χ0v) is 10.5. The van der Waals surface area contributed by atoms with E-state index in [1.54, 1.807) is 42.5 Å². The van der Waals surface area contributed by atoms with Crippen LogP contribution in [0.1, 0.15) is 0 Å². The van der Waals surface area contributed by atoms with Crippen molar-refractivity contribution in [2.24, 2.45) is 0 Å². The van der Waals surface area contributed by atoms with Crippen molar-refractivity contribution >= 4 is 11.6 Å². The maximum absolute atomic E-state index is 13.7. The topological polar surface area (TPSA) is 9.23 Å². The third-order valence-corrected chi connectivity index (χ3v) is 2.87. The standard InChI is InChI=1S/C15H12ClFO/c1-2-10-18-14-9-5-7-12(15(14)16)11-6-3-4-8-13(11)17/h2-9H,1,10H2. The van der Waals surface area contributed by atoms with Crippen molar-refractivity contribution in [3.8, 4) is 16.9 Å². The molecule has 0 N–H and O–H groups in total. The van der Waals surface area contributed by atoms with Gasteiger partial charge in [0.15, 0.2) is 0 Å². The van der Waals surface area contributed by atoms with Gasteiger partial charge in [0.25, 0.3) is 0 Å². The number of hydrogen-bond acceptors (Lipinski definition) is 1. The van der Waals surface area contributed by atoms with Gasteiger partial charge >= 0.3 is 0 Å². The molecule has 2 aromatic carbocycles. The Morgan fingerprint density at radius 2 is 1.83 bits per heavy atom. The molecule has 0 saturated carbocycles. The molecular formula is C15H12ClFO. The molecular weight excluding hydrogens is 251 g/mol. The molecule has 0 radical (unpaired) electrons. The Hall–Kier alpha value is -1.80. The first kappa shape index (κ1) is 12.7. The Balaban J connectivity index is 2.46. The van der Waals surface area contributed by atoms with Crippen LogP contribution in [0.25, 0.3) is 11.1 Å². The summed E-state index contributed by atoms with van der Waals surface area (Å²) in [5.41, 5.74) is 1.09.